The summed E-state index contributed by atoms with van der Waals surface area (Å²) < 4.78 is 7.25. The Balaban J connectivity index is 1.44. The van der Waals surface area contributed by atoms with E-state index in [1.54, 1.807) is 13.0 Å². The van der Waals surface area contributed by atoms with E-state index in [0.29, 0.717) is 34.7 Å². The maximum absolute atomic E-state index is 13.8. The third-order valence-electron chi connectivity index (χ3n) is 7.37. The molecule has 200 valence electrons. The smallest absolute Gasteiger partial charge is 0.264 e. The highest BCUT2D eigenvalue weighted by Crippen LogP contribution is 2.35. The van der Waals surface area contributed by atoms with Gasteiger partial charge in [-0.05, 0) is 55.7 Å². The van der Waals surface area contributed by atoms with E-state index < -0.39 is 6.04 Å². The molecular formula is C30H35ClN4O3. The summed E-state index contributed by atoms with van der Waals surface area (Å²) in [5.41, 5.74) is 2.09. The predicted molar refractivity (Wildman–Crippen MR) is 152 cm³/mol. The largest absolute Gasteiger partial charge is 0.360 e. The van der Waals surface area contributed by atoms with Crippen molar-refractivity contribution in [3.63, 3.8) is 0 Å². The number of nitrogens with zero attached hydrogens (tertiary/aromatic N) is 2. The lowest BCUT2D eigenvalue weighted by molar-refractivity contribution is -0.124. The Morgan fingerprint density at radius 3 is 2.63 bits per heavy atom. The van der Waals surface area contributed by atoms with Gasteiger partial charge in [-0.3, -0.25) is 9.59 Å². The average Bonchev–Trinajstić information content (AvgIpc) is 3.26. The first-order chi connectivity index (χ1) is 18.1. The van der Waals surface area contributed by atoms with Crippen LogP contribution in [0.25, 0.3) is 21.8 Å². The number of fused-ring (bicyclic) bond motifs is 3. The van der Waals surface area contributed by atoms with Crippen LogP contribution in [0, 0.1) is 12.3 Å². The fraction of sp³-hybridized carbons (Fsp3) is 0.433. The van der Waals surface area contributed by atoms with Crippen molar-refractivity contribution in [3.05, 3.63) is 75.2 Å². The number of aryl methyl sites for hydroxylation is 1. The maximum atomic E-state index is 13.8. The number of carbonyl (C=O) groups excluding carboxylic acids is 1. The summed E-state index contributed by atoms with van der Waals surface area (Å²) in [5.74, 6) is 0.438. The van der Waals surface area contributed by atoms with Crippen molar-refractivity contribution in [3.8, 4) is 0 Å². The number of amides is 1. The molecule has 0 aliphatic heterocycles. The second kappa shape index (κ2) is 10.5. The van der Waals surface area contributed by atoms with Gasteiger partial charge in [0.05, 0.1) is 10.5 Å². The van der Waals surface area contributed by atoms with Gasteiger partial charge >= 0.3 is 0 Å². The molecule has 0 saturated heterocycles. The molecule has 0 radical (unpaired) electrons. The highest BCUT2D eigenvalue weighted by molar-refractivity contribution is 6.37. The van der Waals surface area contributed by atoms with Crippen molar-refractivity contribution < 1.29 is 9.32 Å². The fourth-order valence-electron chi connectivity index (χ4n) is 5.56. The van der Waals surface area contributed by atoms with E-state index >= 15 is 0 Å². The van der Waals surface area contributed by atoms with Gasteiger partial charge in [-0.25, -0.2) is 0 Å². The van der Waals surface area contributed by atoms with Crippen LogP contribution in [0.2, 0.25) is 5.02 Å². The molecule has 38 heavy (non-hydrogen) atoms. The summed E-state index contributed by atoms with van der Waals surface area (Å²) in [7, 11) is 0. The minimum absolute atomic E-state index is 0.0332. The molecule has 1 fully saturated rings. The first-order valence-electron chi connectivity index (χ1n) is 13.3. The Morgan fingerprint density at radius 2 is 1.89 bits per heavy atom. The van der Waals surface area contributed by atoms with Gasteiger partial charge < -0.3 is 19.7 Å². The van der Waals surface area contributed by atoms with Gasteiger partial charge in [0.25, 0.3) is 5.56 Å². The minimum Gasteiger partial charge on any atom is -0.360 e. The summed E-state index contributed by atoms with van der Waals surface area (Å²) >= 11 is 6.60. The zero-order chi connectivity index (χ0) is 27.0. The van der Waals surface area contributed by atoms with Crippen molar-refractivity contribution in [1.82, 2.24) is 20.4 Å². The van der Waals surface area contributed by atoms with Gasteiger partial charge in [-0.1, -0.05) is 73.9 Å². The quantitative estimate of drug-likeness (QED) is 0.313. The number of benzene rings is 2. The second-order valence-corrected chi connectivity index (χ2v) is 12.0. The monoisotopic (exact) mass is 534 g/mol. The average molecular weight is 535 g/mol. The second-order valence-electron chi connectivity index (χ2n) is 11.6. The summed E-state index contributed by atoms with van der Waals surface area (Å²) in [5, 5.41) is 12.7. The molecule has 1 amide bonds. The molecule has 2 aromatic carbocycles. The first kappa shape index (κ1) is 26.4. The van der Waals surface area contributed by atoms with Crippen LogP contribution >= 0.6 is 11.6 Å². The van der Waals surface area contributed by atoms with E-state index in [9.17, 15) is 9.59 Å². The number of rotatable bonds is 6. The number of aromatic nitrogens is 2. The first-order valence-corrected chi connectivity index (χ1v) is 13.7. The Bertz CT molecular complexity index is 1520. The van der Waals surface area contributed by atoms with Gasteiger partial charge in [-0.15, -0.1) is 0 Å². The summed E-state index contributed by atoms with van der Waals surface area (Å²) in [6, 6.07) is 14.8. The van der Waals surface area contributed by atoms with E-state index in [4.69, 9.17) is 16.1 Å². The maximum Gasteiger partial charge on any atom is 0.264 e. The van der Waals surface area contributed by atoms with Crippen LogP contribution in [-0.2, 0) is 4.79 Å². The standard InChI is InChI=1S/C30H35ClN4O3/c1-18-24-27(34-38-18)25-22(31)14-9-15-23(25)35(29(24)37)21-13-8-12-20(16-21)33-28(36)26(32-17-30(2,3)4)19-10-6-5-7-11-19/h5-7,9-11,14-15,20-21,26,32H,8,12-13,16-17H2,1-4H3,(H,33,36). The van der Waals surface area contributed by atoms with Crippen LogP contribution in [0.4, 0.5) is 0 Å². The highest BCUT2D eigenvalue weighted by atomic mass is 35.5. The molecule has 8 heteroatoms. The van der Waals surface area contributed by atoms with Crippen molar-refractivity contribution in [2.24, 2.45) is 5.41 Å². The van der Waals surface area contributed by atoms with Crippen molar-refractivity contribution in [2.75, 3.05) is 6.54 Å². The Kier molecular flexibility index (Phi) is 7.34. The van der Waals surface area contributed by atoms with E-state index in [0.717, 1.165) is 35.7 Å². The molecule has 1 aliphatic carbocycles. The Labute approximate surface area is 227 Å². The van der Waals surface area contributed by atoms with E-state index in [1.165, 1.54) is 0 Å². The van der Waals surface area contributed by atoms with Crippen LogP contribution in [0.3, 0.4) is 0 Å². The topological polar surface area (TPSA) is 89.2 Å². The van der Waals surface area contributed by atoms with Gasteiger partial charge in [0.2, 0.25) is 5.91 Å². The molecule has 3 unspecified atom stereocenters. The van der Waals surface area contributed by atoms with Crippen LogP contribution in [0.1, 0.15) is 69.9 Å². The molecule has 0 bridgehead atoms. The SMILES string of the molecule is Cc1onc2c1c(=O)n(C1CCCC(NC(=O)C(NCC(C)(C)C)c3ccccc3)C1)c1cccc(Cl)c21. The van der Waals surface area contributed by atoms with Gasteiger partial charge in [0.15, 0.2) is 0 Å². The van der Waals surface area contributed by atoms with E-state index in [1.807, 2.05) is 47.0 Å². The zero-order valence-electron chi connectivity index (χ0n) is 22.4. The molecule has 1 saturated carbocycles. The van der Waals surface area contributed by atoms with Crippen molar-refractivity contribution >= 4 is 39.3 Å². The lowest BCUT2D eigenvalue weighted by Gasteiger charge is -2.33. The Hall–Kier alpha value is -3.16. The Morgan fingerprint density at radius 1 is 1.13 bits per heavy atom. The summed E-state index contributed by atoms with van der Waals surface area (Å²) in [6.07, 6.45) is 3.26. The lowest BCUT2D eigenvalue weighted by Crippen LogP contribution is -2.46. The third-order valence-corrected chi connectivity index (χ3v) is 7.69. The molecule has 7 nitrogen and oxygen atoms in total. The summed E-state index contributed by atoms with van der Waals surface area (Å²) in [6.45, 7) is 8.89. The van der Waals surface area contributed by atoms with Crippen LogP contribution < -0.4 is 16.2 Å². The molecule has 4 aromatic rings. The summed E-state index contributed by atoms with van der Waals surface area (Å²) in [4.78, 5) is 27.4. The molecule has 2 N–H and O–H groups in total. The molecule has 3 atom stereocenters. The van der Waals surface area contributed by atoms with Gasteiger partial charge in [0.1, 0.15) is 22.7 Å². The minimum atomic E-state index is -0.450. The third kappa shape index (κ3) is 5.22. The number of hydrogen-bond donors (Lipinski definition) is 2. The van der Waals surface area contributed by atoms with Crippen LogP contribution in [0.5, 0.6) is 0 Å². The number of nitrogens with one attached hydrogen (secondary N) is 2. The van der Waals surface area contributed by atoms with Crippen LogP contribution in [-0.4, -0.2) is 28.2 Å². The number of hydrogen-bond acceptors (Lipinski definition) is 5. The zero-order valence-corrected chi connectivity index (χ0v) is 23.1. The van der Waals surface area contributed by atoms with Crippen molar-refractivity contribution in [1.29, 1.82) is 0 Å². The molecule has 0 spiro atoms. The molecule has 5 rings (SSSR count). The fourth-order valence-corrected chi connectivity index (χ4v) is 5.82. The molecule has 1 aliphatic rings. The van der Waals surface area contributed by atoms with E-state index in [2.05, 4.69) is 36.6 Å². The molecule has 2 aromatic heterocycles. The normalized spacial score (nSPS) is 19.1. The number of halogens is 1. The number of carbonyl (C=O) groups is 1. The molecular weight excluding hydrogens is 500 g/mol. The highest BCUT2D eigenvalue weighted by Gasteiger charge is 2.31. The van der Waals surface area contributed by atoms with E-state index in [-0.39, 0.29) is 29.0 Å². The van der Waals surface area contributed by atoms with Crippen molar-refractivity contribution in [2.45, 2.75) is 71.5 Å². The van der Waals surface area contributed by atoms with Gasteiger partial charge in [-0.2, -0.15) is 0 Å². The predicted octanol–water partition coefficient (Wildman–Crippen LogP) is 6.08. The lowest BCUT2D eigenvalue weighted by atomic mass is 9.89. The molecule has 2 heterocycles. The number of pyridine rings is 1. The van der Waals surface area contributed by atoms with Crippen LogP contribution in [0.15, 0.2) is 57.8 Å². The van der Waals surface area contributed by atoms with Gasteiger partial charge in [0, 0.05) is 24.0 Å².